The number of carbonyl (C=O) groups excluding carboxylic acids is 1. The van der Waals surface area contributed by atoms with Crippen LogP contribution in [0.1, 0.15) is 22.6 Å². The Bertz CT molecular complexity index is 1040. The molecule has 1 fully saturated rings. The van der Waals surface area contributed by atoms with Gasteiger partial charge in [-0.15, -0.1) is 11.3 Å². The van der Waals surface area contributed by atoms with Gasteiger partial charge >= 0.3 is 0 Å². The van der Waals surface area contributed by atoms with Gasteiger partial charge in [0.15, 0.2) is 0 Å². The summed E-state index contributed by atoms with van der Waals surface area (Å²) in [4.78, 5) is 23.2. The van der Waals surface area contributed by atoms with E-state index in [0.29, 0.717) is 18.1 Å². The van der Waals surface area contributed by atoms with Crippen molar-refractivity contribution in [3.05, 3.63) is 57.7 Å². The molecule has 1 spiro atoms. The summed E-state index contributed by atoms with van der Waals surface area (Å²) in [5.41, 5.74) is 3.10. The van der Waals surface area contributed by atoms with E-state index in [1.807, 2.05) is 23.7 Å². The van der Waals surface area contributed by atoms with Gasteiger partial charge in [0.1, 0.15) is 11.7 Å². The average molecular weight is 421 g/mol. The third-order valence-corrected chi connectivity index (χ3v) is 6.88. The fraction of sp³-hybridized carbons (Fsp3) is 0.364. The molecule has 0 saturated carbocycles. The standard InChI is InChI=1S/C22H24N6OS/c23-18(28-6-3-15(4-7-28)10-19-25-5-8-30-19)2-1-16-9-17-11-22(13-24-14-22)21(29)27-20(17)26-12-16/h1-3,5,8-9,12,23-24H,4,6-7,10-11,13-14H2,(H,26,27,29). The number of thiazole rings is 1. The number of amidine groups is 1. The van der Waals surface area contributed by atoms with Crippen molar-refractivity contribution in [1.29, 1.82) is 5.41 Å². The van der Waals surface area contributed by atoms with Crippen molar-refractivity contribution in [2.75, 3.05) is 31.5 Å². The zero-order valence-corrected chi connectivity index (χ0v) is 17.5. The first-order valence-electron chi connectivity index (χ1n) is 10.2. The topological polar surface area (TPSA) is 94.0 Å². The van der Waals surface area contributed by atoms with E-state index in [4.69, 9.17) is 5.41 Å². The van der Waals surface area contributed by atoms with Gasteiger partial charge in [-0.3, -0.25) is 10.2 Å². The molecule has 154 valence electrons. The van der Waals surface area contributed by atoms with E-state index >= 15 is 0 Å². The monoisotopic (exact) mass is 420 g/mol. The molecule has 0 unspecified atom stereocenters. The maximum atomic E-state index is 12.3. The highest BCUT2D eigenvalue weighted by atomic mass is 32.1. The Morgan fingerprint density at radius 1 is 1.37 bits per heavy atom. The number of nitrogens with zero attached hydrogens (tertiary/aromatic N) is 3. The first-order chi connectivity index (χ1) is 14.6. The first-order valence-corrected chi connectivity index (χ1v) is 11.1. The summed E-state index contributed by atoms with van der Waals surface area (Å²) in [6.45, 7) is 3.05. The second-order valence-electron chi connectivity index (χ2n) is 8.17. The minimum atomic E-state index is -0.319. The molecule has 0 aliphatic carbocycles. The second-order valence-corrected chi connectivity index (χ2v) is 9.15. The van der Waals surface area contributed by atoms with E-state index in [1.54, 1.807) is 17.5 Å². The van der Waals surface area contributed by atoms with Crippen molar-refractivity contribution in [2.45, 2.75) is 19.3 Å². The lowest BCUT2D eigenvalue weighted by molar-refractivity contribution is -0.128. The van der Waals surface area contributed by atoms with Crippen LogP contribution in [0.4, 0.5) is 5.82 Å². The molecule has 3 aliphatic heterocycles. The fourth-order valence-electron chi connectivity index (χ4n) is 4.17. The third kappa shape index (κ3) is 3.68. The van der Waals surface area contributed by atoms with Gasteiger partial charge in [0, 0.05) is 50.4 Å². The molecule has 3 N–H and O–H groups in total. The van der Waals surface area contributed by atoms with E-state index in [2.05, 4.69) is 37.6 Å². The summed E-state index contributed by atoms with van der Waals surface area (Å²) in [6, 6.07) is 2.08. The van der Waals surface area contributed by atoms with Crippen molar-refractivity contribution in [3.63, 3.8) is 0 Å². The molecule has 2 aromatic rings. The van der Waals surface area contributed by atoms with Crippen LogP contribution < -0.4 is 10.6 Å². The van der Waals surface area contributed by atoms with Crippen LogP contribution in [-0.2, 0) is 17.6 Å². The zero-order valence-electron chi connectivity index (χ0n) is 16.6. The summed E-state index contributed by atoms with van der Waals surface area (Å²) < 4.78 is 0. The lowest BCUT2D eigenvalue weighted by Crippen LogP contribution is -2.62. The number of carbonyl (C=O) groups is 1. The highest BCUT2D eigenvalue weighted by Gasteiger charge is 2.47. The van der Waals surface area contributed by atoms with Crippen LogP contribution in [-0.4, -0.2) is 52.8 Å². The molecule has 5 rings (SSSR count). The minimum absolute atomic E-state index is 0.0682. The maximum absolute atomic E-state index is 12.3. The minimum Gasteiger partial charge on any atom is -0.353 e. The van der Waals surface area contributed by atoms with Crippen LogP contribution >= 0.6 is 11.3 Å². The Morgan fingerprint density at radius 3 is 2.97 bits per heavy atom. The van der Waals surface area contributed by atoms with Crippen LogP contribution in [0.25, 0.3) is 6.08 Å². The predicted molar refractivity (Wildman–Crippen MR) is 119 cm³/mol. The lowest BCUT2D eigenvalue weighted by atomic mass is 9.73. The molecule has 1 saturated heterocycles. The molecule has 30 heavy (non-hydrogen) atoms. The summed E-state index contributed by atoms with van der Waals surface area (Å²) in [5.74, 6) is 1.24. The van der Waals surface area contributed by atoms with Gasteiger partial charge in [0.2, 0.25) is 5.91 Å². The van der Waals surface area contributed by atoms with Crippen molar-refractivity contribution in [1.82, 2.24) is 20.2 Å². The number of anilines is 1. The molecule has 0 bridgehead atoms. The van der Waals surface area contributed by atoms with E-state index < -0.39 is 0 Å². The van der Waals surface area contributed by atoms with Gasteiger partial charge in [-0.1, -0.05) is 11.6 Å². The summed E-state index contributed by atoms with van der Waals surface area (Å²) in [5, 5.41) is 17.7. The van der Waals surface area contributed by atoms with Crippen LogP contribution in [0.2, 0.25) is 0 Å². The molecular formula is C22H24N6OS. The maximum Gasteiger partial charge on any atom is 0.234 e. The Morgan fingerprint density at radius 2 is 2.27 bits per heavy atom. The highest BCUT2D eigenvalue weighted by molar-refractivity contribution is 7.09. The molecule has 1 amide bonds. The first kappa shape index (κ1) is 19.1. The number of pyridine rings is 1. The molecule has 8 heteroatoms. The summed E-state index contributed by atoms with van der Waals surface area (Å²) >= 11 is 1.69. The van der Waals surface area contributed by atoms with Gasteiger partial charge in [0.05, 0.1) is 10.4 Å². The quantitative estimate of drug-likeness (QED) is 0.401. The third-order valence-electron chi connectivity index (χ3n) is 6.10. The highest BCUT2D eigenvalue weighted by Crippen LogP contribution is 2.36. The van der Waals surface area contributed by atoms with Crippen molar-refractivity contribution < 1.29 is 4.79 Å². The Balaban J connectivity index is 1.22. The van der Waals surface area contributed by atoms with E-state index in [0.717, 1.165) is 55.2 Å². The molecule has 7 nitrogen and oxygen atoms in total. The van der Waals surface area contributed by atoms with Gasteiger partial charge in [0.25, 0.3) is 0 Å². The van der Waals surface area contributed by atoms with Crippen molar-refractivity contribution in [2.24, 2.45) is 5.41 Å². The number of hydrogen-bond donors (Lipinski definition) is 3. The molecule has 0 aromatic carbocycles. The van der Waals surface area contributed by atoms with Gasteiger partial charge < -0.3 is 15.5 Å². The second kappa shape index (κ2) is 7.77. The number of rotatable bonds is 4. The normalized spacial score (nSPS) is 19.9. The molecule has 2 aromatic heterocycles. The van der Waals surface area contributed by atoms with Crippen LogP contribution in [0.3, 0.4) is 0 Å². The van der Waals surface area contributed by atoms with Crippen LogP contribution in [0.15, 0.2) is 41.6 Å². The zero-order chi connectivity index (χ0) is 20.6. The van der Waals surface area contributed by atoms with E-state index in [1.165, 1.54) is 5.57 Å². The number of aromatic nitrogens is 2. The van der Waals surface area contributed by atoms with Crippen molar-refractivity contribution in [3.8, 4) is 0 Å². The number of amides is 1. The van der Waals surface area contributed by atoms with Gasteiger partial charge in [-0.2, -0.15) is 0 Å². The number of nitrogens with one attached hydrogen (secondary N) is 3. The Hall–Kier alpha value is -2.84. The smallest absolute Gasteiger partial charge is 0.234 e. The molecule has 5 heterocycles. The molecule has 0 atom stereocenters. The Kier molecular flexibility index (Phi) is 4.96. The molecule has 0 radical (unpaired) electrons. The predicted octanol–water partition coefficient (Wildman–Crippen LogP) is 2.49. The molecule has 3 aliphatic rings. The lowest BCUT2D eigenvalue weighted by Gasteiger charge is -2.43. The summed E-state index contributed by atoms with van der Waals surface area (Å²) in [7, 11) is 0. The Labute approximate surface area is 179 Å². The largest absolute Gasteiger partial charge is 0.353 e. The van der Waals surface area contributed by atoms with E-state index in [9.17, 15) is 4.79 Å². The average Bonchev–Trinajstić information content (AvgIpc) is 3.24. The van der Waals surface area contributed by atoms with Crippen LogP contribution in [0.5, 0.6) is 0 Å². The van der Waals surface area contributed by atoms with Gasteiger partial charge in [-0.05, 0) is 42.2 Å². The van der Waals surface area contributed by atoms with E-state index in [-0.39, 0.29) is 11.3 Å². The number of hydrogen-bond acceptors (Lipinski definition) is 6. The molecular weight excluding hydrogens is 396 g/mol. The van der Waals surface area contributed by atoms with Crippen LogP contribution in [0, 0.1) is 10.8 Å². The van der Waals surface area contributed by atoms with Gasteiger partial charge in [-0.25, -0.2) is 9.97 Å². The SMILES string of the molecule is N=C(C=Cc1cnc2c(c1)CC1(CNC1)C(=O)N2)N1CC=C(Cc2nccs2)CC1. The number of fused-ring (bicyclic) bond motifs is 1. The fourth-order valence-corrected chi connectivity index (χ4v) is 4.84. The summed E-state index contributed by atoms with van der Waals surface area (Å²) in [6.07, 6.45) is 12.2. The van der Waals surface area contributed by atoms with Crippen molar-refractivity contribution >= 4 is 35.0 Å².